The van der Waals surface area contributed by atoms with Crippen molar-refractivity contribution in [2.45, 2.75) is 12.6 Å². The lowest BCUT2D eigenvalue weighted by molar-refractivity contribution is -0.116. The normalized spacial score (nSPS) is 11.9. The van der Waals surface area contributed by atoms with Crippen LogP contribution >= 0.6 is 11.6 Å². The Bertz CT molecular complexity index is 816. The zero-order valence-corrected chi connectivity index (χ0v) is 13.5. The van der Waals surface area contributed by atoms with E-state index in [4.69, 9.17) is 11.6 Å². The number of aliphatic hydroxyl groups excluding tert-OH is 1. The Kier molecular flexibility index (Phi) is 4.93. The summed E-state index contributed by atoms with van der Waals surface area (Å²) < 4.78 is 1.63. The minimum Gasteiger partial charge on any atom is -0.380 e. The fraction of sp³-hybridized carbons (Fsp3) is 0.111. The second-order valence-electron chi connectivity index (χ2n) is 5.28. The number of imidazole rings is 1. The number of rotatable bonds is 5. The highest BCUT2D eigenvalue weighted by Crippen LogP contribution is 2.20. The molecule has 5 nitrogen and oxygen atoms in total. The molecule has 1 amide bonds. The Morgan fingerprint density at radius 3 is 2.58 bits per heavy atom. The standard InChI is InChI=1S/C18H16ClN3O2/c19-14-6-8-15(9-7-14)21-16(23)12-22-11-10-20-18(22)17(24)13-4-2-1-3-5-13/h1-11,17,24H,12H2,(H,21,23)/t17-/m1/s1. The van der Waals surface area contributed by atoms with Crippen LogP contribution < -0.4 is 5.32 Å². The molecule has 1 atom stereocenters. The molecule has 0 aliphatic heterocycles. The summed E-state index contributed by atoms with van der Waals surface area (Å²) in [6.45, 7) is 0.0574. The lowest BCUT2D eigenvalue weighted by atomic mass is 10.1. The number of hydrogen-bond donors (Lipinski definition) is 2. The van der Waals surface area contributed by atoms with Gasteiger partial charge in [0.05, 0.1) is 0 Å². The Labute approximate surface area is 144 Å². The minimum absolute atomic E-state index is 0.0574. The van der Waals surface area contributed by atoms with Gasteiger partial charge < -0.3 is 15.0 Å². The number of nitrogens with one attached hydrogen (secondary N) is 1. The summed E-state index contributed by atoms with van der Waals surface area (Å²) in [5, 5.41) is 13.9. The van der Waals surface area contributed by atoms with Crippen molar-refractivity contribution in [2.24, 2.45) is 0 Å². The van der Waals surface area contributed by atoms with E-state index in [0.717, 1.165) is 5.56 Å². The molecule has 0 saturated carbocycles. The van der Waals surface area contributed by atoms with Gasteiger partial charge in [-0.15, -0.1) is 0 Å². The fourth-order valence-corrected chi connectivity index (χ4v) is 2.50. The number of nitrogens with zero attached hydrogens (tertiary/aromatic N) is 2. The van der Waals surface area contributed by atoms with Crippen molar-refractivity contribution < 1.29 is 9.90 Å². The van der Waals surface area contributed by atoms with Crippen molar-refractivity contribution in [3.05, 3.63) is 83.4 Å². The number of halogens is 1. The molecule has 0 bridgehead atoms. The molecule has 0 aliphatic carbocycles. The van der Waals surface area contributed by atoms with Gasteiger partial charge in [-0.2, -0.15) is 0 Å². The van der Waals surface area contributed by atoms with Gasteiger partial charge in [0.1, 0.15) is 18.5 Å². The van der Waals surface area contributed by atoms with Gasteiger partial charge in [0.25, 0.3) is 0 Å². The molecular weight excluding hydrogens is 326 g/mol. The first-order chi connectivity index (χ1) is 11.6. The third kappa shape index (κ3) is 3.82. The first kappa shape index (κ1) is 16.2. The van der Waals surface area contributed by atoms with Gasteiger partial charge >= 0.3 is 0 Å². The molecule has 0 fully saturated rings. The number of benzene rings is 2. The molecule has 3 aromatic rings. The lowest BCUT2D eigenvalue weighted by Crippen LogP contribution is -2.21. The van der Waals surface area contributed by atoms with Gasteiger partial charge in [-0.1, -0.05) is 41.9 Å². The molecule has 0 unspecified atom stereocenters. The molecule has 2 N–H and O–H groups in total. The van der Waals surface area contributed by atoms with Crippen molar-refractivity contribution in [3.63, 3.8) is 0 Å². The van der Waals surface area contributed by atoms with Gasteiger partial charge in [0, 0.05) is 23.1 Å². The monoisotopic (exact) mass is 341 g/mol. The highest BCUT2D eigenvalue weighted by molar-refractivity contribution is 6.30. The number of hydrogen-bond acceptors (Lipinski definition) is 3. The Balaban J connectivity index is 1.71. The Morgan fingerprint density at radius 2 is 1.88 bits per heavy atom. The summed E-state index contributed by atoms with van der Waals surface area (Å²) in [5.41, 5.74) is 1.39. The number of carbonyl (C=O) groups excluding carboxylic acids is 1. The van der Waals surface area contributed by atoms with E-state index in [1.54, 1.807) is 41.2 Å². The smallest absolute Gasteiger partial charge is 0.244 e. The molecule has 0 aliphatic rings. The summed E-state index contributed by atoms with van der Waals surface area (Å²) in [5.74, 6) is 0.212. The second kappa shape index (κ2) is 7.29. The zero-order chi connectivity index (χ0) is 16.9. The van der Waals surface area contributed by atoms with E-state index in [1.165, 1.54) is 0 Å². The molecular formula is C18H16ClN3O2. The molecule has 0 radical (unpaired) electrons. The number of anilines is 1. The van der Waals surface area contributed by atoms with Gasteiger partial charge in [0.2, 0.25) is 5.91 Å². The molecule has 2 aromatic carbocycles. The van der Waals surface area contributed by atoms with Crippen molar-refractivity contribution in [3.8, 4) is 0 Å². The molecule has 6 heteroatoms. The highest BCUT2D eigenvalue weighted by Gasteiger charge is 2.17. The van der Waals surface area contributed by atoms with E-state index in [2.05, 4.69) is 10.3 Å². The molecule has 0 spiro atoms. The van der Waals surface area contributed by atoms with Crippen LogP contribution in [0.1, 0.15) is 17.5 Å². The number of amides is 1. The predicted molar refractivity (Wildman–Crippen MR) is 92.8 cm³/mol. The maximum Gasteiger partial charge on any atom is 0.244 e. The summed E-state index contributed by atoms with van der Waals surface area (Å²) in [6, 6.07) is 16.1. The summed E-state index contributed by atoms with van der Waals surface area (Å²) in [7, 11) is 0. The maximum atomic E-state index is 12.2. The van der Waals surface area contributed by atoms with Crippen LogP contribution in [-0.4, -0.2) is 20.6 Å². The van der Waals surface area contributed by atoms with E-state index in [1.807, 2.05) is 30.3 Å². The van der Waals surface area contributed by atoms with Crippen molar-refractivity contribution in [1.29, 1.82) is 0 Å². The van der Waals surface area contributed by atoms with Gasteiger partial charge in [-0.3, -0.25) is 4.79 Å². The second-order valence-corrected chi connectivity index (χ2v) is 5.72. The van der Waals surface area contributed by atoms with Crippen molar-refractivity contribution in [2.75, 3.05) is 5.32 Å². The van der Waals surface area contributed by atoms with Crippen molar-refractivity contribution in [1.82, 2.24) is 9.55 Å². The maximum absolute atomic E-state index is 12.2. The van der Waals surface area contributed by atoms with Crippen LogP contribution in [0.25, 0.3) is 0 Å². The summed E-state index contributed by atoms with van der Waals surface area (Å²) in [6.07, 6.45) is 2.35. The van der Waals surface area contributed by atoms with Crippen LogP contribution in [0, 0.1) is 0 Å². The quantitative estimate of drug-likeness (QED) is 0.748. The average molecular weight is 342 g/mol. The Hall–Kier alpha value is -2.63. The van der Waals surface area contributed by atoms with E-state index < -0.39 is 6.10 Å². The number of carbonyl (C=O) groups is 1. The van der Waals surface area contributed by atoms with E-state index >= 15 is 0 Å². The van der Waals surface area contributed by atoms with Crippen molar-refractivity contribution >= 4 is 23.2 Å². The molecule has 1 heterocycles. The van der Waals surface area contributed by atoms with Crippen LogP contribution in [-0.2, 0) is 11.3 Å². The molecule has 24 heavy (non-hydrogen) atoms. The van der Waals surface area contributed by atoms with E-state index in [-0.39, 0.29) is 12.5 Å². The largest absolute Gasteiger partial charge is 0.380 e. The molecule has 122 valence electrons. The average Bonchev–Trinajstić information content (AvgIpc) is 3.05. The topological polar surface area (TPSA) is 67.2 Å². The molecule has 0 saturated heterocycles. The third-order valence-electron chi connectivity index (χ3n) is 3.55. The third-order valence-corrected chi connectivity index (χ3v) is 3.80. The molecule has 1 aromatic heterocycles. The SMILES string of the molecule is O=C(Cn1ccnc1[C@H](O)c1ccccc1)Nc1ccc(Cl)cc1. The predicted octanol–water partition coefficient (Wildman–Crippen LogP) is 3.26. The van der Waals surface area contributed by atoms with Gasteiger partial charge in [-0.05, 0) is 29.8 Å². The molecule has 3 rings (SSSR count). The number of aromatic nitrogens is 2. The van der Waals surface area contributed by atoms with Crippen LogP contribution in [0.3, 0.4) is 0 Å². The fourth-order valence-electron chi connectivity index (χ4n) is 2.37. The first-order valence-electron chi connectivity index (χ1n) is 7.43. The minimum atomic E-state index is -0.885. The number of aliphatic hydroxyl groups is 1. The first-order valence-corrected chi connectivity index (χ1v) is 7.81. The highest BCUT2D eigenvalue weighted by atomic mass is 35.5. The zero-order valence-electron chi connectivity index (χ0n) is 12.8. The van der Waals surface area contributed by atoms with E-state index in [0.29, 0.717) is 16.5 Å². The van der Waals surface area contributed by atoms with Crippen LogP contribution in [0.5, 0.6) is 0 Å². The van der Waals surface area contributed by atoms with Crippen LogP contribution in [0.4, 0.5) is 5.69 Å². The summed E-state index contributed by atoms with van der Waals surface area (Å²) in [4.78, 5) is 16.4. The van der Waals surface area contributed by atoms with E-state index in [9.17, 15) is 9.90 Å². The van der Waals surface area contributed by atoms with Crippen LogP contribution in [0.15, 0.2) is 67.0 Å². The van der Waals surface area contributed by atoms with Gasteiger partial charge in [0.15, 0.2) is 0 Å². The van der Waals surface area contributed by atoms with Crippen LogP contribution in [0.2, 0.25) is 5.02 Å². The van der Waals surface area contributed by atoms with Gasteiger partial charge in [-0.25, -0.2) is 4.98 Å². The lowest BCUT2D eigenvalue weighted by Gasteiger charge is -2.13. The summed E-state index contributed by atoms with van der Waals surface area (Å²) >= 11 is 5.82. The Morgan fingerprint density at radius 1 is 1.17 bits per heavy atom.